The van der Waals surface area contributed by atoms with Gasteiger partial charge in [0.2, 0.25) is 11.0 Å². The molecule has 2 aromatic rings. The van der Waals surface area contributed by atoms with E-state index in [0.717, 1.165) is 19.4 Å². The fraction of sp³-hybridized carbons (Fsp3) is 0.500. The predicted molar refractivity (Wildman–Crippen MR) is 119 cm³/mol. The molecule has 1 atom stereocenters. The van der Waals surface area contributed by atoms with Crippen LogP contribution in [0.2, 0.25) is 0 Å². The molecule has 0 unspecified atom stereocenters. The second-order valence-corrected chi connectivity index (χ2v) is 8.78. The fourth-order valence-electron chi connectivity index (χ4n) is 2.89. The lowest BCUT2D eigenvalue weighted by molar-refractivity contribution is -0.119. The number of ether oxygens (including phenoxy) is 3. The molecule has 3 rings (SSSR count). The average Bonchev–Trinajstić information content (AvgIpc) is 3.44. The Morgan fingerprint density at radius 1 is 1.23 bits per heavy atom. The highest BCUT2D eigenvalue weighted by Gasteiger charge is 2.17. The second-order valence-electron chi connectivity index (χ2n) is 6.58. The zero-order chi connectivity index (χ0) is 22.1. The van der Waals surface area contributed by atoms with E-state index in [-0.39, 0.29) is 23.7 Å². The first-order chi connectivity index (χ1) is 15.1. The zero-order valence-electron chi connectivity index (χ0n) is 17.5. The van der Waals surface area contributed by atoms with Crippen LogP contribution in [0.25, 0.3) is 0 Å². The highest BCUT2D eigenvalue weighted by atomic mass is 32.2. The zero-order valence-corrected chi connectivity index (χ0v) is 19.1. The lowest BCUT2D eigenvalue weighted by Crippen LogP contribution is -2.32. The van der Waals surface area contributed by atoms with Crippen LogP contribution in [0.4, 0.5) is 5.13 Å². The van der Waals surface area contributed by atoms with Gasteiger partial charge in [0.15, 0.2) is 15.8 Å². The van der Waals surface area contributed by atoms with E-state index in [1.807, 2.05) is 13.8 Å². The molecule has 11 heteroatoms. The van der Waals surface area contributed by atoms with Gasteiger partial charge in [-0.05, 0) is 44.9 Å². The summed E-state index contributed by atoms with van der Waals surface area (Å²) in [5.41, 5.74) is 0.421. The van der Waals surface area contributed by atoms with Crippen LogP contribution in [-0.4, -0.2) is 60.2 Å². The SMILES string of the molecule is CCOc1ccc(C(=O)Nc2nnc(SCC(=O)NC[C@@H]3CCCO3)s2)cc1OCC. The molecule has 1 aliphatic heterocycles. The Kier molecular flexibility index (Phi) is 8.92. The summed E-state index contributed by atoms with van der Waals surface area (Å²) in [6.45, 7) is 6.01. The quantitative estimate of drug-likeness (QED) is 0.384. The minimum Gasteiger partial charge on any atom is -0.490 e. The van der Waals surface area contributed by atoms with Gasteiger partial charge in [-0.1, -0.05) is 23.1 Å². The number of benzene rings is 1. The molecule has 1 saturated heterocycles. The molecule has 1 aromatic carbocycles. The summed E-state index contributed by atoms with van der Waals surface area (Å²) in [7, 11) is 0. The summed E-state index contributed by atoms with van der Waals surface area (Å²) in [4.78, 5) is 24.6. The van der Waals surface area contributed by atoms with Crippen LogP contribution in [0.1, 0.15) is 37.0 Å². The summed E-state index contributed by atoms with van der Waals surface area (Å²) >= 11 is 2.49. The van der Waals surface area contributed by atoms with E-state index in [0.29, 0.717) is 46.3 Å². The van der Waals surface area contributed by atoms with Crippen LogP contribution in [0, 0.1) is 0 Å². The number of nitrogens with zero attached hydrogens (tertiary/aromatic N) is 2. The third-order valence-corrected chi connectivity index (χ3v) is 6.28. The van der Waals surface area contributed by atoms with E-state index in [4.69, 9.17) is 14.2 Å². The molecule has 2 N–H and O–H groups in total. The van der Waals surface area contributed by atoms with E-state index in [2.05, 4.69) is 20.8 Å². The number of carbonyl (C=O) groups excluding carboxylic acids is 2. The molecule has 9 nitrogen and oxygen atoms in total. The molecular formula is C20H26N4O5S2. The van der Waals surface area contributed by atoms with E-state index in [1.54, 1.807) is 18.2 Å². The first-order valence-electron chi connectivity index (χ1n) is 10.1. The molecule has 1 fully saturated rings. The number of amides is 2. The molecule has 1 aliphatic rings. The van der Waals surface area contributed by atoms with Crippen molar-refractivity contribution in [3.05, 3.63) is 23.8 Å². The number of anilines is 1. The van der Waals surface area contributed by atoms with Crippen molar-refractivity contribution in [3.63, 3.8) is 0 Å². The van der Waals surface area contributed by atoms with Crippen molar-refractivity contribution in [3.8, 4) is 11.5 Å². The van der Waals surface area contributed by atoms with Crippen molar-refractivity contribution >= 4 is 40.0 Å². The van der Waals surface area contributed by atoms with E-state index in [9.17, 15) is 9.59 Å². The van der Waals surface area contributed by atoms with Gasteiger partial charge in [-0.15, -0.1) is 10.2 Å². The predicted octanol–water partition coefficient (Wildman–Crippen LogP) is 2.98. The number of carbonyl (C=O) groups is 2. The van der Waals surface area contributed by atoms with Crippen molar-refractivity contribution < 1.29 is 23.8 Å². The van der Waals surface area contributed by atoms with Crippen LogP contribution < -0.4 is 20.1 Å². The molecule has 2 heterocycles. The molecule has 31 heavy (non-hydrogen) atoms. The monoisotopic (exact) mass is 466 g/mol. The largest absolute Gasteiger partial charge is 0.490 e. The fourth-order valence-corrected chi connectivity index (χ4v) is 4.47. The number of thioether (sulfide) groups is 1. The summed E-state index contributed by atoms with van der Waals surface area (Å²) in [5.74, 6) is 0.921. The minimum absolute atomic E-state index is 0.0841. The topological polar surface area (TPSA) is 112 Å². The van der Waals surface area contributed by atoms with Gasteiger partial charge in [0, 0.05) is 18.7 Å². The van der Waals surface area contributed by atoms with Gasteiger partial charge in [-0.3, -0.25) is 14.9 Å². The summed E-state index contributed by atoms with van der Waals surface area (Å²) in [6, 6.07) is 5.01. The Morgan fingerprint density at radius 3 is 2.77 bits per heavy atom. The van der Waals surface area contributed by atoms with Crippen LogP contribution in [0.3, 0.4) is 0 Å². The first-order valence-corrected chi connectivity index (χ1v) is 11.9. The van der Waals surface area contributed by atoms with Crippen LogP contribution in [0.15, 0.2) is 22.5 Å². The Hall–Kier alpha value is -2.37. The first kappa shape index (κ1) is 23.3. The van der Waals surface area contributed by atoms with Gasteiger partial charge >= 0.3 is 0 Å². The van der Waals surface area contributed by atoms with E-state index in [1.165, 1.54) is 23.1 Å². The highest BCUT2D eigenvalue weighted by Crippen LogP contribution is 2.30. The minimum atomic E-state index is -0.328. The van der Waals surface area contributed by atoms with Gasteiger partial charge in [-0.2, -0.15) is 0 Å². The van der Waals surface area contributed by atoms with Gasteiger partial charge < -0.3 is 19.5 Å². The number of hydrogen-bond donors (Lipinski definition) is 2. The van der Waals surface area contributed by atoms with Crippen molar-refractivity contribution in [1.82, 2.24) is 15.5 Å². The second kappa shape index (κ2) is 11.9. The summed E-state index contributed by atoms with van der Waals surface area (Å²) in [5, 5.41) is 14.0. The molecule has 0 saturated carbocycles. The van der Waals surface area contributed by atoms with Crippen molar-refractivity contribution in [2.24, 2.45) is 0 Å². The summed E-state index contributed by atoms with van der Waals surface area (Å²) < 4.78 is 17.2. The van der Waals surface area contributed by atoms with Gasteiger partial charge in [0.25, 0.3) is 5.91 Å². The summed E-state index contributed by atoms with van der Waals surface area (Å²) in [6.07, 6.45) is 2.13. The molecule has 0 bridgehead atoms. The number of aromatic nitrogens is 2. The lowest BCUT2D eigenvalue weighted by Gasteiger charge is -2.12. The molecule has 0 radical (unpaired) electrons. The Balaban J connectivity index is 1.50. The molecule has 0 aliphatic carbocycles. The smallest absolute Gasteiger partial charge is 0.257 e. The van der Waals surface area contributed by atoms with Crippen molar-refractivity contribution in [1.29, 1.82) is 0 Å². The third kappa shape index (κ3) is 7.08. The molecular weight excluding hydrogens is 440 g/mol. The Morgan fingerprint density at radius 2 is 2.03 bits per heavy atom. The number of hydrogen-bond acceptors (Lipinski definition) is 9. The van der Waals surface area contributed by atoms with E-state index < -0.39 is 0 Å². The molecule has 0 spiro atoms. The maximum Gasteiger partial charge on any atom is 0.257 e. The number of nitrogens with one attached hydrogen (secondary N) is 2. The number of rotatable bonds is 11. The Labute approximate surface area is 189 Å². The maximum atomic E-state index is 12.6. The van der Waals surface area contributed by atoms with Crippen LogP contribution in [0.5, 0.6) is 11.5 Å². The maximum absolute atomic E-state index is 12.6. The van der Waals surface area contributed by atoms with Gasteiger partial charge in [0.05, 0.1) is 25.1 Å². The van der Waals surface area contributed by atoms with E-state index >= 15 is 0 Å². The van der Waals surface area contributed by atoms with Gasteiger partial charge in [-0.25, -0.2) is 0 Å². The molecule has 168 valence electrons. The van der Waals surface area contributed by atoms with Crippen molar-refractivity contribution in [2.45, 2.75) is 37.1 Å². The van der Waals surface area contributed by atoms with Crippen LogP contribution >= 0.6 is 23.1 Å². The normalized spacial score (nSPS) is 15.5. The highest BCUT2D eigenvalue weighted by molar-refractivity contribution is 8.01. The van der Waals surface area contributed by atoms with Crippen LogP contribution in [-0.2, 0) is 9.53 Å². The third-order valence-electron chi connectivity index (χ3n) is 4.31. The van der Waals surface area contributed by atoms with Crippen molar-refractivity contribution in [2.75, 3.05) is 37.4 Å². The molecule has 1 aromatic heterocycles. The standard InChI is InChI=1S/C20H26N4O5S2/c1-3-27-15-8-7-13(10-16(15)28-4-2)18(26)22-19-23-24-20(31-19)30-12-17(25)21-11-14-6-5-9-29-14/h7-8,10,14H,3-6,9,11-12H2,1-2H3,(H,21,25)(H,22,23,26)/t14-/m0/s1. The molecule has 2 amide bonds. The van der Waals surface area contributed by atoms with Gasteiger partial charge in [0.1, 0.15) is 0 Å². The Bertz CT molecular complexity index is 886. The lowest BCUT2D eigenvalue weighted by atomic mass is 10.2. The average molecular weight is 467 g/mol.